The maximum atomic E-state index is 12.5. The first-order valence-corrected chi connectivity index (χ1v) is 11.3. The number of methoxy groups -OCH3 is 1. The largest absolute Gasteiger partial charge is 0.496 e. The van der Waals surface area contributed by atoms with Crippen LogP contribution in [-0.4, -0.2) is 38.9 Å². The summed E-state index contributed by atoms with van der Waals surface area (Å²) >= 11 is 0. The van der Waals surface area contributed by atoms with Gasteiger partial charge in [-0.25, -0.2) is 4.79 Å². The molecule has 0 spiro atoms. The summed E-state index contributed by atoms with van der Waals surface area (Å²) in [6.07, 6.45) is 0.378. The lowest BCUT2D eigenvalue weighted by molar-refractivity contribution is -0.141. The normalized spacial score (nSPS) is 11.5. The van der Waals surface area contributed by atoms with Gasteiger partial charge in [0.15, 0.2) is 0 Å². The van der Waals surface area contributed by atoms with Gasteiger partial charge in [-0.15, -0.1) is 0 Å². The zero-order chi connectivity index (χ0) is 24.5. The molecule has 2 rings (SSSR count). The Hall–Kier alpha value is -3.22. The molecule has 0 aliphatic carbocycles. The topological polar surface area (TPSA) is 74.3 Å². The van der Waals surface area contributed by atoms with Gasteiger partial charge in [-0.2, -0.15) is 0 Å². The maximum Gasteiger partial charge on any atom is 0.414 e. The molecular formula is C26H35NO6. The Morgan fingerprint density at radius 2 is 1.61 bits per heavy atom. The third-order valence-electron chi connectivity index (χ3n) is 5.40. The number of rotatable bonds is 10. The number of carbonyl (C=O) groups excluding carboxylic acids is 2. The number of hydrogen-bond acceptors (Lipinski definition) is 6. The standard InChI is InChI=1S/C26H35NO6/c1-8-17(4)22-15-21(11-12-23(22)30-7)33-25-18(5)13-20(14-19(25)6)27(26(29)32-10-3)16-24(28)31-9-2/h11-15,17H,8-10,16H2,1-7H3. The molecule has 1 amide bonds. The zero-order valence-corrected chi connectivity index (χ0v) is 20.7. The predicted molar refractivity (Wildman–Crippen MR) is 129 cm³/mol. The highest BCUT2D eigenvalue weighted by molar-refractivity contribution is 5.93. The van der Waals surface area contributed by atoms with Gasteiger partial charge in [0.05, 0.1) is 20.3 Å². The molecule has 180 valence electrons. The van der Waals surface area contributed by atoms with E-state index < -0.39 is 12.1 Å². The van der Waals surface area contributed by atoms with Gasteiger partial charge in [0.2, 0.25) is 0 Å². The summed E-state index contributed by atoms with van der Waals surface area (Å²) in [5.41, 5.74) is 3.28. The quantitative estimate of drug-likeness (QED) is 0.399. The van der Waals surface area contributed by atoms with E-state index in [1.165, 1.54) is 4.90 Å². The number of amides is 1. The van der Waals surface area contributed by atoms with E-state index in [2.05, 4.69) is 13.8 Å². The molecule has 0 aliphatic rings. The van der Waals surface area contributed by atoms with Crippen molar-refractivity contribution in [2.45, 2.75) is 53.9 Å². The summed E-state index contributed by atoms with van der Waals surface area (Å²) in [5.74, 6) is 2.06. The molecule has 0 heterocycles. The molecule has 2 aromatic carbocycles. The molecule has 0 bridgehead atoms. The fourth-order valence-electron chi connectivity index (χ4n) is 3.54. The summed E-state index contributed by atoms with van der Waals surface area (Å²) in [6.45, 7) is 11.7. The molecule has 0 fully saturated rings. The Balaban J connectivity index is 2.39. The number of nitrogens with zero attached hydrogens (tertiary/aromatic N) is 1. The van der Waals surface area contributed by atoms with E-state index in [9.17, 15) is 9.59 Å². The second kappa shape index (κ2) is 12.1. The van der Waals surface area contributed by atoms with E-state index in [0.717, 1.165) is 28.9 Å². The van der Waals surface area contributed by atoms with Crippen LogP contribution in [-0.2, 0) is 14.3 Å². The minimum atomic E-state index is -0.605. The highest BCUT2D eigenvalue weighted by atomic mass is 16.6. The highest BCUT2D eigenvalue weighted by Crippen LogP contribution is 2.37. The summed E-state index contributed by atoms with van der Waals surface area (Å²) in [6, 6.07) is 9.40. The van der Waals surface area contributed by atoms with Crippen molar-refractivity contribution in [3.8, 4) is 17.2 Å². The molecule has 0 N–H and O–H groups in total. The fourth-order valence-corrected chi connectivity index (χ4v) is 3.54. The Morgan fingerprint density at radius 3 is 2.15 bits per heavy atom. The average molecular weight is 458 g/mol. The molecule has 7 nitrogen and oxygen atoms in total. The van der Waals surface area contributed by atoms with Crippen LogP contribution in [0.4, 0.5) is 10.5 Å². The molecule has 33 heavy (non-hydrogen) atoms. The van der Waals surface area contributed by atoms with Gasteiger partial charge >= 0.3 is 12.1 Å². The maximum absolute atomic E-state index is 12.5. The van der Waals surface area contributed by atoms with Crippen molar-refractivity contribution in [3.05, 3.63) is 47.0 Å². The Kier molecular flexibility index (Phi) is 9.57. The van der Waals surface area contributed by atoms with Gasteiger partial charge in [0, 0.05) is 11.3 Å². The molecule has 1 unspecified atom stereocenters. The van der Waals surface area contributed by atoms with Gasteiger partial charge < -0.3 is 18.9 Å². The van der Waals surface area contributed by atoms with E-state index >= 15 is 0 Å². The number of ether oxygens (including phenoxy) is 4. The van der Waals surface area contributed by atoms with Crippen LogP contribution in [0.3, 0.4) is 0 Å². The van der Waals surface area contributed by atoms with Crippen LogP contribution < -0.4 is 14.4 Å². The lowest BCUT2D eigenvalue weighted by Crippen LogP contribution is -2.37. The van der Waals surface area contributed by atoms with E-state index in [-0.39, 0.29) is 19.8 Å². The van der Waals surface area contributed by atoms with Crippen LogP contribution in [0.25, 0.3) is 0 Å². The molecule has 2 aromatic rings. The van der Waals surface area contributed by atoms with Gasteiger partial charge in [-0.05, 0) is 81.5 Å². The first-order valence-electron chi connectivity index (χ1n) is 11.3. The van der Waals surface area contributed by atoms with Crippen LogP contribution in [0.1, 0.15) is 56.7 Å². The van der Waals surface area contributed by atoms with Crippen molar-refractivity contribution in [2.75, 3.05) is 31.8 Å². The second-order valence-corrected chi connectivity index (χ2v) is 7.81. The van der Waals surface area contributed by atoms with Crippen molar-refractivity contribution in [1.82, 2.24) is 0 Å². The first kappa shape index (κ1) is 26.0. The summed E-state index contributed by atoms with van der Waals surface area (Å²) < 4.78 is 21.9. The number of hydrogen-bond donors (Lipinski definition) is 0. The fraction of sp³-hybridized carbons (Fsp3) is 0.462. The molecule has 0 radical (unpaired) electrons. The van der Waals surface area contributed by atoms with E-state index in [0.29, 0.717) is 23.1 Å². The van der Waals surface area contributed by atoms with Gasteiger partial charge in [-0.3, -0.25) is 9.69 Å². The van der Waals surface area contributed by atoms with Gasteiger partial charge in [0.1, 0.15) is 23.8 Å². The van der Waals surface area contributed by atoms with Crippen LogP contribution >= 0.6 is 0 Å². The van der Waals surface area contributed by atoms with E-state index in [1.807, 2.05) is 32.0 Å². The van der Waals surface area contributed by atoms with Crippen molar-refractivity contribution in [1.29, 1.82) is 0 Å². The van der Waals surface area contributed by atoms with Gasteiger partial charge in [-0.1, -0.05) is 13.8 Å². The number of carbonyl (C=O) groups is 2. The molecule has 0 aliphatic heterocycles. The summed E-state index contributed by atoms with van der Waals surface area (Å²) in [5, 5.41) is 0. The summed E-state index contributed by atoms with van der Waals surface area (Å²) in [4.78, 5) is 25.9. The Bertz CT molecular complexity index is 948. The zero-order valence-electron chi connectivity index (χ0n) is 20.7. The predicted octanol–water partition coefficient (Wildman–Crippen LogP) is 6.14. The molecular weight excluding hydrogens is 422 g/mol. The van der Waals surface area contributed by atoms with Crippen molar-refractivity contribution < 1.29 is 28.5 Å². The lowest BCUT2D eigenvalue weighted by Gasteiger charge is -2.23. The van der Waals surface area contributed by atoms with Crippen LogP contribution in [0, 0.1) is 13.8 Å². The van der Waals surface area contributed by atoms with Crippen LogP contribution in [0.5, 0.6) is 17.2 Å². The number of aryl methyl sites for hydroxylation is 2. The van der Waals surface area contributed by atoms with Gasteiger partial charge in [0.25, 0.3) is 0 Å². The highest BCUT2D eigenvalue weighted by Gasteiger charge is 2.23. The molecule has 0 aromatic heterocycles. The summed E-state index contributed by atoms with van der Waals surface area (Å²) in [7, 11) is 1.67. The Labute approximate surface area is 196 Å². The Morgan fingerprint density at radius 1 is 0.970 bits per heavy atom. The first-order chi connectivity index (χ1) is 15.7. The second-order valence-electron chi connectivity index (χ2n) is 7.81. The van der Waals surface area contributed by atoms with Crippen LogP contribution in [0.2, 0.25) is 0 Å². The van der Waals surface area contributed by atoms with E-state index in [1.54, 1.807) is 33.1 Å². The smallest absolute Gasteiger partial charge is 0.414 e. The van der Waals surface area contributed by atoms with E-state index in [4.69, 9.17) is 18.9 Å². The SMILES string of the molecule is CCOC(=O)CN(C(=O)OCC)c1cc(C)c(Oc2ccc(OC)c(C(C)CC)c2)c(C)c1. The molecule has 0 saturated carbocycles. The molecule has 0 saturated heterocycles. The minimum absolute atomic E-state index is 0.202. The average Bonchev–Trinajstić information content (AvgIpc) is 2.79. The molecule has 7 heteroatoms. The third-order valence-corrected chi connectivity index (χ3v) is 5.40. The number of benzene rings is 2. The van der Waals surface area contributed by atoms with Crippen molar-refractivity contribution >= 4 is 17.7 Å². The lowest BCUT2D eigenvalue weighted by atomic mass is 9.97. The van der Waals surface area contributed by atoms with Crippen molar-refractivity contribution in [3.63, 3.8) is 0 Å². The third kappa shape index (κ3) is 6.63. The minimum Gasteiger partial charge on any atom is -0.496 e. The monoisotopic (exact) mass is 457 g/mol. The number of esters is 1. The molecule has 1 atom stereocenters. The number of anilines is 1. The van der Waals surface area contributed by atoms with Crippen molar-refractivity contribution in [2.24, 2.45) is 0 Å². The van der Waals surface area contributed by atoms with Crippen LogP contribution in [0.15, 0.2) is 30.3 Å².